The van der Waals surface area contributed by atoms with Crippen LogP contribution in [0.25, 0.3) is 76.5 Å². The van der Waals surface area contributed by atoms with Crippen LogP contribution >= 0.6 is 0 Å². The molecule has 0 amide bonds. The predicted octanol–water partition coefficient (Wildman–Crippen LogP) is 12.6. The highest BCUT2D eigenvalue weighted by Crippen LogP contribution is 2.46. The zero-order chi connectivity index (χ0) is 29.8. The molecule has 0 aromatic heterocycles. The smallest absolute Gasteiger partial charge is 0.00204 e. The molecule has 0 saturated heterocycles. The van der Waals surface area contributed by atoms with E-state index in [-0.39, 0.29) is 5.41 Å². The van der Waals surface area contributed by atoms with Gasteiger partial charge in [-0.15, -0.1) is 0 Å². The van der Waals surface area contributed by atoms with E-state index in [4.69, 9.17) is 0 Å². The van der Waals surface area contributed by atoms with Gasteiger partial charge in [0, 0.05) is 0 Å². The molecule has 210 valence electrons. The van der Waals surface area contributed by atoms with Crippen LogP contribution in [0.1, 0.15) is 26.3 Å². The summed E-state index contributed by atoms with van der Waals surface area (Å²) in [7, 11) is 0. The fourth-order valence-corrected chi connectivity index (χ4v) is 7.12. The van der Waals surface area contributed by atoms with Gasteiger partial charge in [-0.2, -0.15) is 0 Å². The summed E-state index contributed by atoms with van der Waals surface area (Å²) in [5.74, 6) is 0. The van der Waals surface area contributed by atoms with E-state index in [1.165, 1.54) is 82.0 Å². The van der Waals surface area contributed by atoms with E-state index in [1.807, 2.05) is 0 Å². The number of fused-ring (bicyclic) bond motifs is 4. The summed E-state index contributed by atoms with van der Waals surface area (Å²) in [6.07, 6.45) is 0. The molecule has 0 unspecified atom stereocenters. The van der Waals surface area contributed by atoms with Crippen molar-refractivity contribution in [1.82, 2.24) is 0 Å². The van der Waals surface area contributed by atoms with Crippen LogP contribution in [0.4, 0.5) is 0 Å². The van der Waals surface area contributed by atoms with E-state index < -0.39 is 0 Å². The first-order chi connectivity index (χ1) is 21.5. The van der Waals surface area contributed by atoms with Crippen molar-refractivity contribution in [2.75, 3.05) is 0 Å². The first-order valence-electron chi connectivity index (χ1n) is 15.5. The summed E-state index contributed by atoms with van der Waals surface area (Å²) in [5, 5.41) is 10.4. The Morgan fingerprint density at radius 1 is 0.341 bits per heavy atom. The molecule has 8 aromatic carbocycles. The molecule has 0 fully saturated rings. The SMILES string of the molecule is CC(C)(C)c1c2ccccc2c(-c2cccc3ccccc23)c2ccc(-c3ccc(-c4ccc5ccccc5c4)cc3)cc12. The average Bonchev–Trinajstić information content (AvgIpc) is 3.06. The summed E-state index contributed by atoms with van der Waals surface area (Å²) in [6.45, 7) is 7.03. The second-order valence-electron chi connectivity index (χ2n) is 13.0. The third kappa shape index (κ3) is 4.38. The van der Waals surface area contributed by atoms with E-state index in [0.29, 0.717) is 0 Å². The Morgan fingerprint density at radius 2 is 0.864 bits per heavy atom. The fourth-order valence-electron chi connectivity index (χ4n) is 7.12. The molecule has 0 radical (unpaired) electrons. The Morgan fingerprint density at radius 3 is 1.59 bits per heavy atom. The second-order valence-corrected chi connectivity index (χ2v) is 13.0. The first kappa shape index (κ1) is 26.4. The molecule has 0 N–H and O–H groups in total. The predicted molar refractivity (Wildman–Crippen MR) is 191 cm³/mol. The van der Waals surface area contributed by atoms with Crippen LogP contribution in [0, 0.1) is 0 Å². The van der Waals surface area contributed by atoms with Crippen molar-refractivity contribution in [3.63, 3.8) is 0 Å². The minimum atomic E-state index is -0.0340. The summed E-state index contributed by atoms with van der Waals surface area (Å²) in [6, 6.07) is 55.9. The lowest BCUT2D eigenvalue weighted by Crippen LogP contribution is -2.13. The Hall–Kier alpha value is -5.20. The van der Waals surface area contributed by atoms with Gasteiger partial charge in [0.1, 0.15) is 0 Å². The molecule has 0 nitrogen and oxygen atoms in total. The molecular weight excluding hydrogens is 528 g/mol. The van der Waals surface area contributed by atoms with Gasteiger partial charge in [-0.25, -0.2) is 0 Å². The minimum Gasteiger partial charge on any atom is -0.0616 e. The molecular formula is C44H34. The summed E-state index contributed by atoms with van der Waals surface area (Å²) < 4.78 is 0. The zero-order valence-electron chi connectivity index (χ0n) is 25.4. The third-order valence-electron chi connectivity index (χ3n) is 9.13. The topological polar surface area (TPSA) is 0 Å². The summed E-state index contributed by atoms with van der Waals surface area (Å²) >= 11 is 0. The van der Waals surface area contributed by atoms with E-state index in [1.54, 1.807) is 0 Å². The molecule has 0 aliphatic heterocycles. The van der Waals surface area contributed by atoms with Crippen molar-refractivity contribution in [1.29, 1.82) is 0 Å². The quantitative estimate of drug-likeness (QED) is 0.188. The lowest BCUT2D eigenvalue weighted by atomic mass is 9.77. The van der Waals surface area contributed by atoms with E-state index in [9.17, 15) is 0 Å². The lowest BCUT2D eigenvalue weighted by molar-refractivity contribution is 0.601. The molecule has 0 aliphatic rings. The van der Waals surface area contributed by atoms with Gasteiger partial charge in [0.25, 0.3) is 0 Å². The normalized spacial score (nSPS) is 12.0. The highest BCUT2D eigenvalue weighted by atomic mass is 14.3. The number of rotatable bonds is 3. The van der Waals surface area contributed by atoms with Crippen molar-refractivity contribution in [2.45, 2.75) is 26.2 Å². The molecule has 0 heteroatoms. The van der Waals surface area contributed by atoms with Crippen LogP contribution in [0.15, 0.2) is 152 Å². The molecule has 0 spiro atoms. The Labute approximate surface area is 259 Å². The number of hydrogen-bond acceptors (Lipinski definition) is 0. The molecule has 0 bridgehead atoms. The maximum atomic E-state index is 2.43. The molecule has 0 saturated carbocycles. The highest BCUT2D eigenvalue weighted by Gasteiger charge is 2.24. The standard InChI is InChI=1S/C44H34/c1-44(2,3)43-40-17-9-8-16-38(40)42(37-18-10-14-32-12-6-7-15-36(32)37)39-26-25-35(28-41(39)43)31-21-19-30(20-22-31)34-24-23-29-11-4-5-13-33(29)27-34/h4-28H,1-3H3. The average molecular weight is 563 g/mol. The number of hydrogen-bond donors (Lipinski definition) is 0. The zero-order valence-corrected chi connectivity index (χ0v) is 25.4. The highest BCUT2D eigenvalue weighted by molar-refractivity contribution is 6.19. The van der Waals surface area contributed by atoms with Crippen LogP contribution in [-0.2, 0) is 5.41 Å². The maximum Gasteiger partial charge on any atom is -0.00204 e. The Balaban J connectivity index is 1.34. The molecule has 0 atom stereocenters. The third-order valence-corrected chi connectivity index (χ3v) is 9.13. The minimum absolute atomic E-state index is 0.0340. The van der Waals surface area contributed by atoms with Gasteiger partial charge in [0.05, 0.1) is 0 Å². The van der Waals surface area contributed by atoms with E-state index in [2.05, 4.69) is 172 Å². The van der Waals surface area contributed by atoms with Crippen molar-refractivity contribution >= 4 is 43.1 Å². The van der Waals surface area contributed by atoms with Gasteiger partial charge < -0.3 is 0 Å². The van der Waals surface area contributed by atoms with Gasteiger partial charge in [-0.05, 0) is 99.6 Å². The van der Waals surface area contributed by atoms with Crippen molar-refractivity contribution in [3.05, 3.63) is 157 Å². The van der Waals surface area contributed by atoms with Gasteiger partial charge in [-0.1, -0.05) is 160 Å². The van der Waals surface area contributed by atoms with Crippen molar-refractivity contribution in [2.24, 2.45) is 0 Å². The lowest BCUT2D eigenvalue weighted by Gasteiger charge is -2.27. The van der Waals surface area contributed by atoms with Gasteiger partial charge in [0.2, 0.25) is 0 Å². The van der Waals surface area contributed by atoms with E-state index >= 15 is 0 Å². The molecule has 8 aromatic rings. The number of benzene rings is 8. The monoisotopic (exact) mass is 562 g/mol. The van der Waals surface area contributed by atoms with Crippen LogP contribution in [-0.4, -0.2) is 0 Å². The Bertz CT molecular complexity index is 2340. The van der Waals surface area contributed by atoms with Gasteiger partial charge in [0.15, 0.2) is 0 Å². The summed E-state index contributed by atoms with van der Waals surface area (Å²) in [4.78, 5) is 0. The fraction of sp³-hybridized carbons (Fsp3) is 0.0909. The maximum absolute atomic E-state index is 2.43. The molecule has 44 heavy (non-hydrogen) atoms. The van der Waals surface area contributed by atoms with Crippen molar-refractivity contribution in [3.8, 4) is 33.4 Å². The largest absolute Gasteiger partial charge is 0.0616 e. The first-order valence-corrected chi connectivity index (χ1v) is 15.5. The van der Waals surface area contributed by atoms with E-state index in [0.717, 1.165) is 0 Å². The molecule has 0 heterocycles. The molecule has 0 aliphatic carbocycles. The summed E-state index contributed by atoms with van der Waals surface area (Å²) in [5.41, 5.74) is 8.93. The van der Waals surface area contributed by atoms with Gasteiger partial charge >= 0.3 is 0 Å². The Kier molecular flexibility index (Phi) is 6.13. The van der Waals surface area contributed by atoms with Crippen LogP contribution in [0.2, 0.25) is 0 Å². The second kappa shape index (κ2) is 10.2. The van der Waals surface area contributed by atoms with Crippen LogP contribution in [0.5, 0.6) is 0 Å². The molecule has 8 rings (SSSR count). The van der Waals surface area contributed by atoms with Crippen molar-refractivity contribution < 1.29 is 0 Å². The van der Waals surface area contributed by atoms with Gasteiger partial charge in [-0.3, -0.25) is 0 Å². The van der Waals surface area contributed by atoms with Crippen LogP contribution in [0.3, 0.4) is 0 Å². The van der Waals surface area contributed by atoms with Crippen LogP contribution < -0.4 is 0 Å².